The van der Waals surface area contributed by atoms with E-state index in [4.69, 9.17) is 16.0 Å². The summed E-state index contributed by atoms with van der Waals surface area (Å²) in [6.07, 6.45) is 0. The summed E-state index contributed by atoms with van der Waals surface area (Å²) in [5, 5.41) is 2.41. The molecule has 0 spiro atoms. The number of thiophene rings is 1. The minimum Gasteiger partial charge on any atom is -0.438 e. The fourth-order valence-corrected chi connectivity index (χ4v) is 3.30. The Hall–Kier alpha value is -1.35. The van der Waals surface area contributed by atoms with Crippen LogP contribution in [-0.4, -0.2) is 21.4 Å². The third kappa shape index (κ3) is 3.65. The summed E-state index contributed by atoms with van der Waals surface area (Å²) in [7, 11) is -2.44. The predicted molar refractivity (Wildman–Crippen MR) is 80.2 cm³/mol. The number of hydrogen-bond acceptors (Lipinski definition) is 5. The molecular weight excluding hydrogens is 336 g/mol. The molecule has 0 bridgehead atoms. The summed E-state index contributed by atoms with van der Waals surface area (Å²) in [4.78, 5) is 12.9. The van der Waals surface area contributed by atoms with Crippen molar-refractivity contribution in [3.8, 4) is 0 Å². The Morgan fingerprint density at radius 3 is 2.62 bits per heavy atom. The van der Waals surface area contributed by atoms with Crippen molar-refractivity contribution in [3.05, 3.63) is 39.2 Å². The van der Waals surface area contributed by atoms with Crippen molar-refractivity contribution >= 4 is 38.9 Å². The smallest absolute Gasteiger partial charge is 0.287 e. The van der Waals surface area contributed by atoms with Crippen LogP contribution in [0.15, 0.2) is 33.8 Å². The summed E-state index contributed by atoms with van der Waals surface area (Å²) in [5.41, 5.74) is 0. The van der Waals surface area contributed by atoms with E-state index in [-0.39, 0.29) is 16.9 Å². The van der Waals surface area contributed by atoms with Crippen molar-refractivity contribution < 1.29 is 17.6 Å². The van der Waals surface area contributed by atoms with Crippen LogP contribution in [0.25, 0.3) is 0 Å². The second-order valence-corrected chi connectivity index (χ2v) is 7.73. The van der Waals surface area contributed by atoms with Crippen LogP contribution in [0.2, 0.25) is 4.34 Å². The van der Waals surface area contributed by atoms with Gasteiger partial charge in [0.25, 0.3) is 15.9 Å². The van der Waals surface area contributed by atoms with Gasteiger partial charge in [-0.15, -0.1) is 11.3 Å². The average molecular weight is 349 g/mol. The molecule has 0 aliphatic heterocycles. The molecule has 2 aromatic rings. The fourth-order valence-electron chi connectivity index (χ4n) is 1.59. The van der Waals surface area contributed by atoms with Crippen molar-refractivity contribution in [1.29, 1.82) is 0 Å². The highest BCUT2D eigenvalue weighted by Crippen LogP contribution is 2.27. The summed E-state index contributed by atoms with van der Waals surface area (Å²) >= 11 is 7.20. The summed E-state index contributed by atoms with van der Waals surface area (Å²) in [6, 6.07) is 5.84. The molecule has 0 radical (unpaired) electrons. The summed E-state index contributed by atoms with van der Waals surface area (Å²) in [5.74, 6) is -0.567. The number of furan rings is 1. The molecule has 0 fully saturated rings. The van der Waals surface area contributed by atoms with Crippen LogP contribution in [0, 0.1) is 0 Å². The van der Waals surface area contributed by atoms with Gasteiger partial charge in [-0.25, -0.2) is 13.1 Å². The maximum atomic E-state index is 12.0. The monoisotopic (exact) mass is 348 g/mol. The van der Waals surface area contributed by atoms with E-state index in [1.807, 2.05) is 6.07 Å². The number of rotatable bonds is 5. The second-order valence-electron chi connectivity index (χ2n) is 4.16. The highest BCUT2D eigenvalue weighted by Gasteiger charge is 2.21. The van der Waals surface area contributed by atoms with E-state index in [9.17, 15) is 13.2 Å². The van der Waals surface area contributed by atoms with Gasteiger partial charge in [0.1, 0.15) is 0 Å². The molecule has 0 saturated heterocycles. The predicted octanol–water partition coefficient (Wildman–Crippen LogP) is 2.39. The third-order valence-corrected chi connectivity index (χ3v) is 5.41. The first-order chi connectivity index (χ1) is 9.83. The number of halogens is 1. The third-order valence-electron chi connectivity index (χ3n) is 2.71. The largest absolute Gasteiger partial charge is 0.438 e. The molecule has 114 valence electrons. The number of amides is 1. The summed E-state index contributed by atoms with van der Waals surface area (Å²) < 4.78 is 30.9. The number of carbonyl (C=O) groups excluding carboxylic acids is 1. The van der Waals surface area contributed by atoms with E-state index < -0.39 is 15.9 Å². The van der Waals surface area contributed by atoms with Gasteiger partial charge < -0.3 is 9.73 Å². The molecule has 6 nitrogen and oxygen atoms in total. The molecule has 0 aromatic carbocycles. The number of hydrogen-bond donors (Lipinski definition) is 2. The zero-order chi connectivity index (χ0) is 15.6. The second kappa shape index (κ2) is 6.18. The lowest BCUT2D eigenvalue weighted by Gasteiger charge is -2.10. The van der Waals surface area contributed by atoms with Crippen molar-refractivity contribution in [2.45, 2.75) is 18.1 Å². The van der Waals surface area contributed by atoms with Gasteiger partial charge in [-0.05, 0) is 38.2 Å². The lowest BCUT2D eigenvalue weighted by Crippen LogP contribution is -2.25. The van der Waals surface area contributed by atoms with Crippen LogP contribution in [0.1, 0.15) is 28.4 Å². The van der Waals surface area contributed by atoms with Gasteiger partial charge in [0.2, 0.25) is 5.09 Å². The van der Waals surface area contributed by atoms with Crippen molar-refractivity contribution in [3.63, 3.8) is 0 Å². The minimum atomic E-state index is -3.70. The van der Waals surface area contributed by atoms with E-state index in [1.54, 1.807) is 13.0 Å². The van der Waals surface area contributed by atoms with E-state index in [0.29, 0.717) is 4.34 Å². The molecule has 2 aromatic heterocycles. The highest BCUT2D eigenvalue weighted by molar-refractivity contribution is 7.89. The van der Waals surface area contributed by atoms with Gasteiger partial charge in [0.15, 0.2) is 5.76 Å². The molecule has 2 rings (SSSR count). The van der Waals surface area contributed by atoms with Crippen LogP contribution >= 0.6 is 22.9 Å². The first kappa shape index (κ1) is 16.0. The number of sulfonamides is 1. The number of nitrogens with one attached hydrogen (secondary N) is 2. The average Bonchev–Trinajstić information content (AvgIpc) is 3.07. The molecule has 21 heavy (non-hydrogen) atoms. The fraction of sp³-hybridized carbons (Fsp3) is 0.250. The van der Waals surface area contributed by atoms with Gasteiger partial charge in [-0.2, -0.15) is 0 Å². The van der Waals surface area contributed by atoms with E-state index in [2.05, 4.69) is 10.0 Å². The normalized spacial score (nSPS) is 13.1. The van der Waals surface area contributed by atoms with E-state index in [0.717, 1.165) is 4.88 Å². The van der Waals surface area contributed by atoms with Crippen LogP contribution in [0.3, 0.4) is 0 Å². The lowest BCUT2D eigenvalue weighted by atomic mass is 10.2. The Bertz CT molecular complexity index is 751. The topological polar surface area (TPSA) is 88.4 Å². The zero-order valence-electron chi connectivity index (χ0n) is 11.2. The molecular formula is C12H13ClN2O4S2. The Morgan fingerprint density at radius 1 is 1.33 bits per heavy atom. The molecule has 1 unspecified atom stereocenters. The SMILES string of the molecule is CNS(=O)(=O)c1ccc(C(=O)NC(C)c2ccc(Cl)s2)o1. The quantitative estimate of drug-likeness (QED) is 0.868. The Morgan fingerprint density at radius 2 is 2.05 bits per heavy atom. The molecule has 2 N–H and O–H groups in total. The first-order valence-electron chi connectivity index (χ1n) is 5.93. The van der Waals surface area contributed by atoms with Crippen LogP contribution in [-0.2, 0) is 10.0 Å². The van der Waals surface area contributed by atoms with Crippen LogP contribution in [0.4, 0.5) is 0 Å². The van der Waals surface area contributed by atoms with Crippen molar-refractivity contribution in [2.24, 2.45) is 0 Å². The van der Waals surface area contributed by atoms with Gasteiger partial charge in [0.05, 0.1) is 10.4 Å². The Balaban J connectivity index is 2.11. The number of carbonyl (C=O) groups is 1. The maximum absolute atomic E-state index is 12.0. The van der Waals surface area contributed by atoms with Crippen LogP contribution < -0.4 is 10.0 Å². The Labute approximate surface area is 131 Å². The van der Waals surface area contributed by atoms with Crippen molar-refractivity contribution in [1.82, 2.24) is 10.0 Å². The molecule has 9 heteroatoms. The van der Waals surface area contributed by atoms with Gasteiger partial charge in [-0.3, -0.25) is 4.79 Å². The van der Waals surface area contributed by atoms with Crippen LogP contribution in [0.5, 0.6) is 0 Å². The van der Waals surface area contributed by atoms with Crippen molar-refractivity contribution in [2.75, 3.05) is 7.05 Å². The maximum Gasteiger partial charge on any atom is 0.287 e. The molecule has 1 amide bonds. The standard InChI is InChI=1S/C12H13ClN2O4S2/c1-7(9-4-5-10(13)20-9)15-12(16)8-3-6-11(19-8)21(17,18)14-2/h3-7,14H,1-2H3,(H,15,16). The van der Waals surface area contributed by atoms with Gasteiger partial charge in [0, 0.05) is 4.88 Å². The molecule has 1 atom stereocenters. The molecule has 0 aliphatic carbocycles. The van der Waals surface area contributed by atoms with Gasteiger partial charge >= 0.3 is 0 Å². The van der Waals surface area contributed by atoms with Gasteiger partial charge in [-0.1, -0.05) is 11.6 Å². The zero-order valence-corrected chi connectivity index (χ0v) is 13.6. The minimum absolute atomic E-state index is 0.0710. The summed E-state index contributed by atoms with van der Waals surface area (Å²) in [6.45, 7) is 1.80. The molecule has 0 saturated carbocycles. The first-order valence-corrected chi connectivity index (χ1v) is 8.60. The molecule has 2 heterocycles. The highest BCUT2D eigenvalue weighted by atomic mass is 35.5. The lowest BCUT2D eigenvalue weighted by molar-refractivity contribution is 0.0907. The Kier molecular flexibility index (Phi) is 4.72. The molecule has 0 aliphatic rings. The van der Waals surface area contributed by atoms with E-state index >= 15 is 0 Å². The van der Waals surface area contributed by atoms with E-state index in [1.165, 1.54) is 30.5 Å².